The summed E-state index contributed by atoms with van der Waals surface area (Å²) in [6, 6.07) is 7.92. The van der Waals surface area contributed by atoms with E-state index in [0.717, 1.165) is 49.9 Å². The molecule has 3 heterocycles. The first-order valence-electron chi connectivity index (χ1n) is 8.86. The molecule has 0 aliphatic carbocycles. The van der Waals surface area contributed by atoms with Crippen molar-refractivity contribution < 1.29 is 5.11 Å². The molecular weight excluding hydrogens is 314 g/mol. The number of nitrogens with zero attached hydrogens (tertiary/aromatic N) is 5. The lowest BCUT2D eigenvalue weighted by Crippen LogP contribution is -2.47. The molecule has 3 rings (SSSR count). The van der Waals surface area contributed by atoms with Gasteiger partial charge in [-0.2, -0.15) is 0 Å². The Morgan fingerprint density at radius 3 is 2.44 bits per heavy atom. The van der Waals surface area contributed by atoms with E-state index in [0.29, 0.717) is 5.82 Å². The molecule has 0 amide bonds. The molecule has 0 spiro atoms. The molecule has 1 N–H and O–H groups in total. The Balaban J connectivity index is 1.91. The Kier molecular flexibility index (Phi) is 5.30. The SMILES string of the molecule is CC(C)(C)c1cc(N2CCN(CCO)CC2)nc(-c2ccccn2)n1. The van der Waals surface area contributed by atoms with Crippen LogP contribution in [0.4, 0.5) is 5.82 Å². The fraction of sp³-hybridized carbons (Fsp3) is 0.526. The lowest BCUT2D eigenvalue weighted by Gasteiger charge is -2.35. The van der Waals surface area contributed by atoms with Crippen LogP contribution in [0.2, 0.25) is 0 Å². The third-order valence-corrected chi connectivity index (χ3v) is 4.49. The standard InChI is InChI=1S/C19H27N5O/c1-19(2,3)16-14-17(24-10-8-23(9-11-24)12-13-25)22-18(21-16)15-6-4-5-7-20-15/h4-7,14,25H,8-13H2,1-3H3. The van der Waals surface area contributed by atoms with E-state index >= 15 is 0 Å². The van der Waals surface area contributed by atoms with Crippen molar-refractivity contribution in [2.45, 2.75) is 26.2 Å². The molecule has 2 aromatic heterocycles. The average Bonchev–Trinajstić information content (AvgIpc) is 2.62. The second kappa shape index (κ2) is 7.45. The van der Waals surface area contributed by atoms with Gasteiger partial charge in [-0.3, -0.25) is 9.88 Å². The van der Waals surface area contributed by atoms with E-state index in [2.05, 4.69) is 41.6 Å². The molecule has 6 nitrogen and oxygen atoms in total. The number of aliphatic hydroxyl groups excluding tert-OH is 1. The van der Waals surface area contributed by atoms with Gasteiger partial charge in [0.05, 0.1) is 12.3 Å². The number of hydrogen-bond acceptors (Lipinski definition) is 6. The molecule has 0 bridgehead atoms. The number of rotatable bonds is 4. The summed E-state index contributed by atoms with van der Waals surface area (Å²) in [5, 5.41) is 9.11. The predicted octanol–water partition coefficient (Wildman–Crippen LogP) is 1.95. The maximum absolute atomic E-state index is 9.11. The van der Waals surface area contributed by atoms with Crippen LogP contribution in [0.25, 0.3) is 11.5 Å². The van der Waals surface area contributed by atoms with Gasteiger partial charge in [-0.05, 0) is 12.1 Å². The molecule has 0 aromatic carbocycles. The number of pyridine rings is 1. The van der Waals surface area contributed by atoms with Crippen molar-refractivity contribution in [2.75, 3.05) is 44.2 Å². The second-order valence-electron chi connectivity index (χ2n) is 7.45. The number of aliphatic hydroxyl groups is 1. The van der Waals surface area contributed by atoms with E-state index < -0.39 is 0 Å². The third kappa shape index (κ3) is 4.32. The molecule has 0 atom stereocenters. The maximum Gasteiger partial charge on any atom is 0.180 e. The molecule has 1 fully saturated rings. The zero-order chi connectivity index (χ0) is 17.9. The molecule has 0 saturated carbocycles. The van der Waals surface area contributed by atoms with E-state index in [-0.39, 0.29) is 12.0 Å². The van der Waals surface area contributed by atoms with Gasteiger partial charge >= 0.3 is 0 Å². The molecule has 1 aliphatic rings. The van der Waals surface area contributed by atoms with Crippen LogP contribution < -0.4 is 4.90 Å². The summed E-state index contributed by atoms with van der Waals surface area (Å²) in [7, 11) is 0. The van der Waals surface area contributed by atoms with Gasteiger partial charge in [0.1, 0.15) is 11.5 Å². The fourth-order valence-electron chi connectivity index (χ4n) is 2.93. The van der Waals surface area contributed by atoms with Crippen LogP contribution in [0.3, 0.4) is 0 Å². The Morgan fingerprint density at radius 2 is 1.84 bits per heavy atom. The number of anilines is 1. The van der Waals surface area contributed by atoms with Crippen LogP contribution in [0.5, 0.6) is 0 Å². The summed E-state index contributed by atoms with van der Waals surface area (Å²) < 4.78 is 0. The summed E-state index contributed by atoms with van der Waals surface area (Å²) in [4.78, 5) is 18.6. The van der Waals surface area contributed by atoms with Crippen molar-refractivity contribution in [3.05, 3.63) is 36.2 Å². The van der Waals surface area contributed by atoms with Crippen LogP contribution in [0, 0.1) is 0 Å². The highest BCUT2D eigenvalue weighted by atomic mass is 16.3. The van der Waals surface area contributed by atoms with E-state index in [4.69, 9.17) is 15.1 Å². The lowest BCUT2D eigenvalue weighted by atomic mass is 9.91. The number of β-amino-alcohol motifs (C(OH)–C–C–N with tert-alkyl or cyclic N) is 1. The zero-order valence-corrected chi connectivity index (χ0v) is 15.3. The summed E-state index contributed by atoms with van der Waals surface area (Å²) in [5.41, 5.74) is 1.77. The van der Waals surface area contributed by atoms with Crippen molar-refractivity contribution in [1.29, 1.82) is 0 Å². The number of piperazine rings is 1. The van der Waals surface area contributed by atoms with Gasteiger partial charge in [0, 0.05) is 50.4 Å². The van der Waals surface area contributed by atoms with Crippen molar-refractivity contribution in [3.63, 3.8) is 0 Å². The Labute approximate surface area is 149 Å². The van der Waals surface area contributed by atoms with Gasteiger partial charge in [-0.25, -0.2) is 9.97 Å². The largest absolute Gasteiger partial charge is 0.395 e. The second-order valence-corrected chi connectivity index (χ2v) is 7.45. The van der Waals surface area contributed by atoms with Gasteiger partial charge in [-0.15, -0.1) is 0 Å². The van der Waals surface area contributed by atoms with Gasteiger partial charge < -0.3 is 10.0 Å². The normalized spacial score (nSPS) is 16.2. The monoisotopic (exact) mass is 341 g/mol. The molecule has 0 radical (unpaired) electrons. The Morgan fingerprint density at radius 1 is 1.08 bits per heavy atom. The summed E-state index contributed by atoms with van der Waals surface area (Å²) >= 11 is 0. The molecular formula is C19H27N5O. The minimum atomic E-state index is -0.0556. The van der Waals surface area contributed by atoms with E-state index in [1.165, 1.54) is 0 Å². The van der Waals surface area contributed by atoms with Crippen LogP contribution in [-0.4, -0.2) is 64.3 Å². The van der Waals surface area contributed by atoms with Crippen LogP contribution in [0.1, 0.15) is 26.5 Å². The third-order valence-electron chi connectivity index (χ3n) is 4.49. The summed E-state index contributed by atoms with van der Waals surface area (Å²) in [5.74, 6) is 1.64. The highest BCUT2D eigenvalue weighted by Crippen LogP contribution is 2.27. The Bertz CT molecular complexity index is 691. The van der Waals surface area contributed by atoms with Crippen LogP contribution in [0.15, 0.2) is 30.5 Å². The van der Waals surface area contributed by atoms with Gasteiger partial charge in [-0.1, -0.05) is 26.8 Å². The predicted molar refractivity (Wildman–Crippen MR) is 99.7 cm³/mol. The fourth-order valence-corrected chi connectivity index (χ4v) is 2.93. The molecule has 1 aliphatic heterocycles. The Hall–Kier alpha value is -2.05. The molecule has 1 saturated heterocycles. The molecule has 134 valence electrons. The molecule has 6 heteroatoms. The topological polar surface area (TPSA) is 65.4 Å². The number of hydrogen-bond donors (Lipinski definition) is 1. The first kappa shape index (κ1) is 17.8. The van der Waals surface area contributed by atoms with Crippen molar-refractivity contribution in [1.82, 2.24) is 19.9 Å². The first-order valence-corrected chi connectivity index (χ1v) is 8.86. The van der Waals surface area contributed by atoms with Crippen LogP contribution in [-0.2, 0) is 5.41 Å². The van der Waals surface area contributed by atoms with Gasteiger partial charge in [0.25, 0.3) is 0 Å². The van der Waals surface area contributed by atoms with Crippen LogP contribution >= 0.6 is 0 Å². The summed E-state index contributed by atoms with van der Waals surface area (Å²) in [6.45, 7) is 11.1. The van der Waals surface area contributed by atoms with Gasteiger partial charge in [0.2, 0.25) is 0 Å². The van der Waals surface area contributed by atoms with E-state index in [9.17, 15) is 0 Å². The lowest BCUT2D eigenvalue weighted by molar-refractivity contribution is 0.188. The molecule has 25 heavy (non-hydrogen) atoms. The smallest absolute Gasteiger partial charge is 0.180 e. The van der Waals surface area contributed by atoms with Crippen molar-refractivity contribution in [2.24, 2.45) is 0 Å². The first-order chi connectivity index (χ1) is 12.0. The quantitative estimate of drug-likeness (QED) is 0.917. The van der Waals surface area contributed by atoms with Crippen molar-refractivity contribution >= 4 is 5.82 Å². The minimum absolute atomic E-state index is 0.0556. The minimum Gasteiger partial charge on any atom is -0.395 e. The highest BCUT2D eigenvalue weighted by molar-refractivity contribution is 5.54. The maximum atomic E-state index is 9.11. The van der Waals surface area contributed by atoms with Gasteiger partial charge in [0.15, 0.2) is 5.82 Å². The average molecular weight is 341 g/mol. The number of aromatic nitrogens is 3. The highest BCUT2D eigenvalue weighted by Gasteiger charge is 2.23. The summed E-state index contributed by atoms with van der Waals surface area (Å²) in [6.07, 6.45) is 1.77. The zero-order valence-electron chi connectivity index (χ0n) is 15.3. The van der Waals surface area contributed by atoms with Crippen molar-refractivity contribution in [3.8, 4) is 11.5 Å². The molecule has 2 aromatic rings. The van der Waals surface area contributed by atoms with E-state index in [1.54, 1.807) is 6.20 Å². The molecule has 0 unspecified atom stereocenters. The van der Waals surface area contributed by atoms with E-state index in [1.807, 2.05) is 18.2 Å².